The summed E-state index contributed by atoms with van der Waals surface area (Å²) in [6.07, 6.45) is 0. The van der Waals surface area contributed by atoms with Gasteiger partial charge in [-0.1, -0.05) is 0 Å². The summed E-state index contributed by atoms with van der Waals surface area (Å²) in [5.41, 5.74) is 8.24. The normalized spacial score (nSPS) is 10.7. The standard InChI is InChI=1S/C22H25N3O5S/c1-4-28-15-5-7-16(8-6-15)29-10-9-24-17(26)12-30-22(27)20-19(23)18-13(2)11-14(3)25-21(18)31-20/h5-8,11H,4,9-10,12,23H2,1-3H3,(H,24,26). The topological polar surface area (TPSA) is 113 Å². The van der Waals surface area contributed by atoms with Crippen LogP contribution in [0.2, 0.25) is 0 Å². The van der Waals surface area contributed by atoms with Gasteiger partial charge in [0.15, 0.2) is 6.61 Å². The first-order chi connectivity index (χ1) is 14.9. The van der Waals surface area contributed by atoms with Gasteiger partial charge in [-0.2, -0.15) is 0 Å². The maximum absolute atomic E-state index is 12.4. The molecule has 1 amide bonds. The summed E-state index contributed by atoms with van der Waals surface area (Å²) in [6.45, 7) is 6.46. The third-order valence-electron chi connectivity index (χ3n) is 4.37. The number of carbonyl (C=O) groups is 2. The van der Waals surface area contributed by atoms with E-state index in [2.05, 4.69) is 10.3 Å². The van der Waals surface area contributed by atoms with E-state index in [4.69, 9.17) is 19.9 Å². The molecule has 3 aromatic rings. The lowest BCUT2D eigenvalue weighted by Crippen LogP contribution is -2.32. The van der Waals surface area contributed by atoms with Crippen LogP contribution < -0.4 is 20.5 Å². The van der Waals surface area contributed by atoms with E-state index in [1.807, 2.05) is 39.0 Å². The van der Waals surface area contributed by atoms with Crippen molar-refractivity contribution in [2.75, 3.05) is 32.1 Å². The molecule has 0 unspecified atom stereocenters. The zero-order valence-electron chi connectivity index (χ0n) is 17.7. The minimum Gasteiger partial charge on any atom is -0.494 e. The van der Waals surface area contributed by atoms with Gasteiger partial charge in [0.05, 0.1) is 18.8 Å². The van der Waals surface area contributed by atoms with Crippen molar-refractivity contribution in [3.05, 3.63) is 46.5 Å². The molecule has 2 heterocycles. The highest BCUT2D eigenvalue weighted by atomic mass is 32.1. The van der Waals surface area contributed by atoms with Crippen molar-refractivity contribution in [2.45, 2.75) is 20.8 Å². The van der Waals surface area contributed by atoms with E-state index < -0.39 is 18.5 Å². The predicted octanol–water partition coefficient (Wildman–Crippen LogP) is 3.25. The van der Waals surface area contributed by atoms with Gasteiger partial charge in [0.2, 0.25) is 0 Å². The molecule has 9 heteroatoms. The van der Waals surface area contributed by atoms with Gasteiger partial charge in [0.25, 0.3) is 5.91 Å². The number of esters is 1. The van der Waals surface area contributed by atoms with Crippen LogP contribution in [-0.2, 0) is 9.53 Å². The maximum Gasteiger partial charge on any atom is 0.351 e. The van der Waals surface area contributed by atoms with Crippen LogP contribution in [0.1, 0.15) is 27.9 Å². The Balaban J connectivity index is 1.44. The largest absolute Gasteiger partial charge is 0.494 e. The molecule has 1 aromatic carbocycles. The van der Waals surface area contributed by atoms with E-state index in [1.165, 1.54) is 0 Å². The van der Waals surface area contributed by atoms with Crippen LogP contribution >= 0.6 is 11.3 Å². The van der Waals surface area contributed by atoms with Crippen molar-refractivity contribution in [3.8, 4) is 11.5 Å². The van der Waals surface area contributed by atoms with Crippen LogP contribution in [0.5, 0.6) is 11.5 Å². The number of nitrogens with two attached hydrogens (primary N) is 1. The molecule has 0 radical (unpaired) electrons. The molecule has 0 saturated carbocycles. The van der Waals surface area contributed by atoms with Crippen molar-refractivity contribution < 1.29 is 23.8 Å². The first-order valence-corrected chi connectivity index (χ1v) is 10.7. The van der Waals surface area contributed by atoms with E-state index >= 15 is 0 Å². The fraction of sp³-hybridized carbons (Fsp3) is 0.318. The van der Waals surface area contributed by atoms with Gasteiger partial charge in [-0.05, 0) is 56.7 Å². The quantitative estimate of drug-likeness (QED) is 0.386. The van der Waals surface area contributed by atoms with Crippen LogP contribution in [0, 0.1) is 13.8 Å². The Morgan fingerprint density at radius 1 is 1.13 bits per heavy atom. The molecule has 8 nitrogen and oxygen atoms in total. The molecule has 31 heavy (non-hydrogen) atoms. The average molecular weight is 444 g/mol. The lowest BCUT2D eigenvalue weighted by molar-refractivity contribution is -0.124. The number of nitrogens with one attached hydrogen (secondary N) is 1. The molecule has 0 fully saturated rings. The van der Waals surface area contributed by atoms with E-state index in [1.54, 1.807) is 12.1 Å². The summed E-state index contributed by atoms with van der Waals surface area (Å²) in [5, 5.41) is 3.39. The van der Waals surface area contributed by atoms with Crippen LogP contribution in [0.15, 0.2) is 30.3 Å². The summed E-state index contributed by atoms with van der Waals surface area (Å²) in [4.78, 5) is 29.7. The van der Waals surface area contributed by atoms with Gasteiger partial charge in [-0.3, -0.25) is 4.79 Å². The second-order valence-electron chi connectivity index (χ2n) is 6.78. The molecule has 0 bridgehead atoms. The third-order valence-corrected chi connectivity index (χ3v) is 5.45. The van der Waals surface area contributed by atoms with Gasteiger partial charge in [0, 0.05) is 11.1 Å². The zero-order valence-corrected chi connectivity index (χ0v) is 18.5. The molecule has 0 spiro atoms. The highest BCUT2D eigenvalue weighted by molar-refractivity contribution is 7.21. The number of aromatic nitrogens is 1. The number of thiophene rings is 1. The molecular weight excluding hydrogens is 418 g/mol. The van der Waals surface area contributed by atoms with Gasteiger partial charge in [0.1, 0.15) is 27.8 Å². The molecule has 0 atom stereocenters. The van der Waals surface area contributed by atoms with E-state index in [0.29, 0.717) is 22.9 Å². The highest BCUT2D eigenvalue weighted by Gasteiger charge is 2.20. The Labute approximate surface area is 184 Å². The minimum atomic E-state index is -0.640. The first-order valence-electron chi connectivity index (χ1n) is 9.84. The number of carbonyl (C=O) groups excluding carboxylic acids is 2. The predicted molar refractivity (Wildman–Crippen MR) is 120 cm³/mol. The molecule has 0 aliphatic rings. The van der Waals surface area contributed by atoms with Gasteiger partial charge >= 0.3 is 5.97 Å². The smallest absolute Gasteiger partial charge is 0.351 e. The van der Waals surface area contributed by atoms with Crippen molar-refractivity contribution in [3.63, 3.8) is 0 Å². The summed E-state index contributed by atoms with van der Waals surface area (Å²) in [5.74, 6) is 0.376. The number of aryl methyl sites for hydroxylation is 2. The third kappa shape index (κ3) is 5.64. The summed E-state index contributed by atoms with van der Waals surface area (Å²) in [6, 6.07) is 9.12. The van der Waals surface area contributed by atoms with Crippen molar-refractivity contribution in [1.82, 2.24) is 10.3 Å². The monoisotopic (exact) mass is 443 g/mol. The van der Waals surface area contributed by atoms with Crippen molar-refractivity contribution in [1.29, 1.82) is 0 Å². The van der Waals surface area contributed by atoms with E-state index in [-0.39, 0.29) is 18.0 Å². The van der Waals surface area contributed by atoms with Crippen LogP contribution in [0.3, 0.4) is 0 Å². The molecule has 0 saturated heterocycles. The lowest BCUT2D eigenvalue weighted by atomic mass is 10.1. The number of hydrogen-bond donors (Lipinski definition) is 2. The van der Waals surface area contributed by atoms with Crippen LogP contribution in [-0.4, -0.2) is 43.2 Å². The lowest BCUT2D eigenvalue weighted by Gasteiger charge is -2.09. The number of pyridine rings is 1. The van der Waals surface area contributed by atoms with Crippen molar-refractivity contribution >= 4 is 39.1 Å². The second kappa shape index (κ2) is 10.1. The molecule has 0 aliphatic carbocycles. The Morgan fingerprint density at radius 3 is 2.48 bits per heavy atom. The molecule has 164 valence electrons. The number of hydrogen-bond acceptors (Lipinski definition) is 8. The fourth-order valence-electron chi connectivity index (χ4n) is 3.03. The average Bonchev–Trinajstić information content (AvgIpc) is 3.07. The number of amides is 1. The van der Waals surface area contributed by atoms with Crippen LogP contribution in [0.4, 0.5) is 5.69 Å². The fourth-order valence-corrected chi connectivity index (χ4v) is 4.14. The number of nitrogen functional groups attached to an aromatic ring is 1. The molecule has 0 aliphatic heterocycles. The first kappa shape index (κ1) is 22.4. The molecule has 3 rings (SSSR count). The molecular formula is C22H25N3O5S. The molecule has 3 N–H and O–H groups in total. The highest BCUT2D eigenvalue weighted by Crippen LogP contribution is 2.35. The Morgan fingerprint density at radius 2 is 1.81 bits per heavy atom. The SMILES string of the molecule is CCOc1ccc(OCCNC(=O)COC(=O)c2sc3nc(C)cc(C)c3c2N)cc1. The Bertz CT molecular complexity index is 1080. The van der Waals surface area contributed by atoms with E-state index in [9.17, 15) is 9.59 Å². The molecule has 2 aromatic heterocycles. The van der Waals surface area contributed by atoms with Gasteiger partial charge in [-0.25, -0.2) is 9.78 Å². The van der Waals surface area contributed by atoms with Gasteiger partial charge < -0.3 is 25.3 Å². The number of fused-ring (bicyclic) bond motifs is 1. The van der Waals surface area contributed by atoms with E-state index in [0.717, 1.165) is 33.7 Å². The van der Waals surface area contributed by atoms with Crippen LogP contribution in [0.25, 0.3) is 10.2 Å². The second-order valence-corrected chi connectivity index (χ2v) is 7.78. The Hall–Kier alpha value is -3.33. The number of rotatable bonds is 9. The zero-order chi connectivity index (χ0) is 22.4. The summed E-state index contributed by atoms with van der Waals surface area (Å²) < 4.78 is 16.0. The summed E-state index contributed by atoms with van der Waals surface area (Å²) in [7, 11) is 0. The minimum absolute atomic E-state index is 0.253. The Kier molecular flexibility index (Phi) is 7.30. The van der Waals surface area contributed by atoms with Crippen molar-refractivity contribution in [2.24, 2.45) is 0 Å². The van der Waals surface area contributed by atoms with Gasteiger partial charge in [-0.15, -0.1) is 11.3 Å². The number of anilines is 1. The number of nitrogens with zero attached hydrogens (tertiary/aromatic N) is 1. The maximum atomic E-state index is 12.4. The summed E-state index contributed by atoms with van der Waals surface area (Å²) >= 11 is 1.16. The number of ether oxygens (including phenoxy) is 3. The number of benzene rings is 1.